The van der Waals surface area contributed by atoms with E-state index in [-0.39, 0.29) is 6.54 Å². The van der Waals surface area contributed by atoms with Crippen LogP contribution in [-0.2, 0) is 0 Å². The number of imidazole rings is 1. The van der Waals surface area contributed by atoms with Crippen molar-refractivity contribution < 1.29 is 4.39 Å². The van der Waals surface area contributed by atoms with Gasteiger partial charge < -0.3 is 5.32 Å². The molecule has 0 amide bonds. The third-order valence-electron chi connectivity index (χ3n) is 1.66. The van der Waals surface area contributed by atoms with E-state index in [2.05, 4.69) is 15.3 Å². The van der Waals surface area contributed by atoms with Gasteiger partial charge in [0.25, 0.3) is 0 Å². The third-order valence-corrected chi connectivity index (χ3v) is 1.66. The SMILES string of the molecule is FCCNc1ccn2ccnc2n1. The van der Waals surface area contributed by atoms with Crippen molar-refractivity contribution in [2.45, 2.75) is 0 Å². The summed E-state index contributed by atoms with van der Waals surface area (Å²) in [6.45, 7) is -0.120. The Labute approximate surface area is 74.4 Å². The van der Waals surface area contributed by atoms with Gasteiger partial charge in [-0.25, -0.2) is 9.37 Å². The number of hydrogen-bond acceptors (Lipinski definition) is 3. The van der Waals surface area contributed by atoms with Crippen molar-refractivity contribution in [2.75, 3.05) is 18.5 Å². The molecule has 13 heavy (non-hydrogen) atoms. The van der Waals surface area contributed by atoms with E-state index in [4.69, 9.17) is 0 Å². The molecule has 0 aliphatic rings. The van der Waals surface area contributed by atoms with E-state index in [1.54, 1.807) is 22.9 Å². The molecule has 68 valence electrons. The maximum Gasteiger partial charge on any atom is 0.235 e. The Morgan fingerprint density at radius 3 is 3.23 bits per heavy atom. The monoisotopic (exact) mass is 180 g/mol. The largest absolute Gasteiger partial charge is 0.367 e. The van der Waals surface area contributed by atoms with E-state index in [1.165, 1.54) is 0 Å². The number of rotatable bonds is 3. The summed E-state index contributed by atoms with van der Waals surface area (Å²) in [6, 6.07) is 1.78. The summed E-state index contributed by atoms with van der Waals surface area (Å²) >= 11 is 0. The zero-order valence-corrected chi connectivity index (χ0v) is 6.94. The number of nitrogens with zero attached hydrogens (tertiary/aromatic N) is 3. The standard InChI is InChI=1S/C8H9FN4/c9-2-3-10-7-1-5-13-6-4-11-8(13)12-7/h1,4-6H,2-3H2,(H,10,11,12). The fourth-order valence-corrected chi connectivity index (χ4v) is 1.08. The minimum absolute atomic E-state index is 0.282. The average Bonchev–Trinajstić information content (AvgIpc) is 2.61. The molecule has 0 aliphatic heterocycles. The van der Waals surface area contributed by atoms with Gasteiger partial charge in [-0.3, -0.25) is 4.40 Å². The van der Waals surface area contributed by atoms with Crippen molar-refractivity contribution in [1.29, 1.82) is 0 Å². The van der Waals surface area contributed by atoms with Gasteiger partial charge in [-0.05, 0) is 6.07 Å². The zero-order valence-electron chi connectivity index (χ0n) is 6.94. The van der Waals surface area contributed by atoms with Gasteiger partial charge in [0, 0.05) is 25.1 Å². The van der Waals surface area contributed by atoms with Crippen molar-refractivity contribution >= 4 is 11.6 Å². The van der Waals surface area contributed by atoms with Crippen LogP contribution in [0.1, 0.15) is 0 Å². The van der Waals surface area contributed by atoms with Gasteiger partial charge in [0.05, 0.1) is 0 Å². The molecular formula is C8H9FN4. The van der Waals surface area contributed by atoms with Crippen LogP contribution in [0.3, 0.4) is 0 Å². The maximum atomic E-state index is 11.8. The number of fused-ring (bicyclic) bond motifs is 1. The fourth-order valence-electron chi connectivity index (χ4n) is 1.08. The third kappa shape index (κ3) is 1.58. The molecule has 2 heterocycles. The first-order chi connectivity index (χ1) is 6.40. The average molecular weight is 180 g/mol. The fraction of sp³-hybridized carbons (Fsp3) is 0.250. The Morgan fingerprint density at radius 1 is 1.46 bits per heavy atom. The highest BCUT2D eigenvalue weighted by Crippen LogP contribution is 2.04. The summed E-state index contributed by atoms with van der Waals surface area (Å²) in [5.74, 6) is 1.26. The topological polar surface area (TPSA) is 42.2 Å². The Morgan fingerprint density at radius 2 is 2.38 bits per heavy atom. The molecule has 0 radical (unpaired) electrons. The van der Waals surface area contributed by atoms with Gasteiger partial charge in [-0.1, -0.05) is 0 Å². The van der Waals surface area contributed by atoms with Crippen LogP contribution in [0, 0.1) is 0 Å². The molecule has 0 fully saturated rings. The Bertz CT molecular complexity index is 398. The van der Waals surface area contributed by atoms with Crippen LogP contribution in [0.25, 0.3) is 5.78 Å². The number of halogens is 1. The molecule has 0 saturated heterocycles. The quantitative estimate of drug-likeness (QED) is 0.769. The summed E-state index contributed by atoms with van der Waals surface area (Å²) in [5, 5.41) is 2.84. The second-order valence-corrected chi connectivity index (χ2v) is 2.56. The van der Waals surface area contributed by atoms with Gasteiger partial charge in [-0.2, -0.15) is 4.98 Å². The number of anilines is 1. The first-order valence-electron chi connectivity index (χ1n) is 4.00. The van der Waals surface area contributed by atoms with Gasteiger partial charge in [0.2, 0.25) is 5.78 Å². The highest BCUT2D eigenvalue weighted by Gasteiger charge is 1.96. The van der Waals surface area contributed by atoms with E-state index in [0.29, 0.717) is 11.6 Å². The van der Waals surface area contributed by atoms with Crippen LogP contribution >= 0.6 is 0 Å². The van der Waals surface area contributed by atoms with E-state index in [1.807, 2.05) is 6.20 Å². The molecule has 2 rings (SSSR count). The van der Waals surface area contributed by atoms with E-state index < -0.39 is 6.67 Å². The summed E-state index contributed by atoms with van der Waals surface area (Å²) in [4.78, 5) is 8.15. The second kappa shape index (κ2) is 3.38. The summed E-state index contributed by atoms with van der Waals surface area (Å²) < 4.78 is 13.6. The first-order valence-corrected chi connectivity index (χ1v) is 4.00. The number of hydrogen-bond donors (Lipinski definition) is 1. The molecule has 2 aromatic rings. The lowest BCUT2D eigenvalue weighted by molar-refractivity contribution is 0.512. The van der Waals surface area contributed by atoms with Gasteiger partial charge in [0.15, 0.2) is 0 Å². The number of nitrogens with one attached hydrogen (secondary N) is 1. The van der Waals surface area contributed by atoms with Crippen LogP contribution < -0.4 is 5.32 Å². The lowest BCUT2D eigenvalue weighted by Gasteiger charge is -2.01. The molecule has 0 spiro atoms. The Kier molecular flexibility index (Phi) is 2.08. The highest BCUT2D eigenvalue weighted by atomic mass is 19.1. The summed E-state index contributed by atoms with van der Waals surface area (Å²) in [6.07, 6.45) is 5.30. The minimum Gasteiger partial charge on any atom is -0.367 e. The van der Waals surface area contributed by atoms with Crippen LogP contribution in [0.2, 0.25) is 0 Å². The maximum absolute atomic E-state index is 11.8. The molecule has 0 bridgehead atoms. The Balaban J connectivity index is 2.26. The van der Waals surface area contributed by atoms with Gasteiger partial charge in [-0.15, -0.1) is 0 Å². The van der Waals surface area contributed by atoms with Gasteiger partial charge in [0.1, 0.15) is 12.5 Å². The number of aromatic nitrogens is 3. The van der Waals surface area contributed by atoms with Crippen molar-refractivity contribution in [2.24, 2.45) is 0 Å². The van der Waals surface area contributed by atoms with E-state index >= 15 is 0 Å². The minimum atomic E-state index is -0.401. The van der Waals surface area contributed by atoms with Crippen LogP contribution in [0.15, 0.2) is 24.7 Å². The van der Waals surface area contributed by atoms with Crippen molar-refractivity contribution in [1.82, 2.24) is 14.4 Å². The molecule has 1 N–H and O–H groups in total. The van der Waals surface area contributed by atoms with E-state index in [9.17, 15) is 4.39 Å². The Hall–Kier alpha value is -1.65. The molecule has 4 nitrogen and oxygen atoms in total. The number of alkyl halides is 1. The lowest BCUT2D eigenvalue weighted by atomic mass is 10.5. The summed E-state index contributed by atoms with van der Waals surface area (Å²) in [5.41, 5.74) is 0. The predicted octanol–water partition coefficient (Wildman–Crippen LogP) is 1.11. The normalized spacial score (nSPS) is 10.5. The first kappa shape index (κ1) is 7.97. The predicted molar refractivity (Wildman–Crippen MR) is 47.5 cm³/mol. The molecule has 0 aromatic carbocycles. The second-order valence-electron chi connectivity index (χ2n) is 2.56. The van der Waals surface area contributed by atoms with Crippen molar-refractivity contribution in [3.05, 3.63) is 24.7 Å². The van der Waals surface area contributed by atoms with Crippen LogP contribution in [0.5, 0.6) is 0 Å². The highest BCUT2D eigenvalue weighted by molar-refractivity contribution is 5.41. The zero-order chi connectivity index (χ0) is 9.10. The molecule has 0 aliphatic carbocycles. The van der Waals surface area contributed by atoms with Crippen molar-refractivity contribution in [3.63, 3.8) is 0 Å². The molecule has 0 unspecified atom stereocenters. The molecule has 0 atom stereocenters. The molecule has 0 saturated carbocycles. The van der Waals surface area contributed by atoms with Crippen molar-refractivity contribution in [3.8, 4) is 0 Å². The van der Waals surface area contributed by atoms with Gasteiger partial charge >= 0.3 is 0 Å². The summed E-state index contributed by atoms with van der Waals surface area (Å²) in [7, 11) is 0. The van der Waals surface area contributed by atoms with Crippen LogP contribution in [-0.4, -0.2) is 27.6 Å². The molecule has 2 aromatic heterocycles. The lowest BCUT2D eigenvalue weighted by Crippen LogP contribution is -2.05. The van der Waals surface area contributed by atoms with E-state index in [0.717, 1.165) is 0 Å². The van der Waals surface area contributed by atoms with Crippen LogP contribution in [0.4, 0.5) is 10.2 Å². The molecule has 5 heteroatoms. The smallest absolute Gasteiger partial charge is 0.235 e. The molecular weight excluding hydrogens is 171 g/mol.